The van der Waals surface area contributed by atoms with E-state index in [1.54, 1.807) is 17.4 Å². The maximum Gasteiger partial charge on any atom is 0.246 e. The molecule has 1 aromatic rings. The smallest absolute Gasteiger partial charge is 0.246 e. The maximum absolute atomic E-state index is 12.0. The summed E-state index contributed by atoms with van der Waals surface area (Å²) in [6.45, 7) is 4.36. The Morgan fingerprint density at radius 3 is 2.89 bits per heavy atom. The van der Waals surface area contributed by atoms with E-state index in [1.165, 1.54) is 0 Å². The molecule has 0 aromatic carbocycles. The predicted octanol–water partition coefficient (Wildman–Crippen LogP) is 3.55. The number of thiophene rings is 1. The fourth-order valence-electron chi connectivity index (χ4n) is 2.15. The van der Waals surface area contributed by atoms with Gasteiger partial charge in [0.1, 0.15) is 0 Å². The molecule has 0 N–H and O–H groups in total. The minimum atomic E-state index is 0.0967. The monoisotopic (exact) mass is 343 g/mol. The highest BCUT2D eigenvalue weighted by molar-refractivity contribution is 9.10. The number of likely N-dealkylation sites (tertiary alicyclic amines) is 1. The van der Waals surface area contributed by atoms with Crippen LogP contribution in [0.25, 0.3) is 6.08 Å². The summed E-state index contributed by atoms with van der Waals surface area (Å²) in [6, 6.07) is 2.01. The van der Waals surface area contributed by atoms with Crippen LogP contribution in [-0.4, -0.2) is 36.6 Å². The zero-order chi connectivity index (χ0) is 13.7. The largest absolute Gasteiger partial charge is 0.378 e. The molecule has 0 unspecified atom stereocenters. The fourth-order valence-corrected chi connectivity index (χ4v) is 3.49. The first-order valence-electron chi connectivity index (χ1n) is 6.51. The van der Waals surface area contributed by atoms with Crippen LogP contribution in [0.5, 0.6) is 0 Å². The van der Waals surface area contributed by atoms with Gasteiger partial charge in [0.05, 0.1) is 6.10 Å². The lowest BCUT2D eigenvalue weighted by Crippen LogP contribution is -2.40. The molecule has 0 bridgehead atoms. The summed E-state index contributed by atoms with van der Waals surface area (Å²) in [5.41, 5.74) is 0. The number of piperidine rings is 1. The number of carbonyl (C=O) groups is 1. The molecule has 0 saturated carbocycles. The van der Waals surface area contributed by atoms with E-state index in [9.17, 15) is 4.79 Å². The highest BCUT2D eigenvalue weighted by atomic mass is 79.9. The molecule has 0 spiro atoms. The van der Waals surface area contributed by atoms with E-state index >= 15 is 0 Å². The van der Waals surface area contributed by atoms with Gasteiger partial charge in [-0.25, -0.2) is 0 Å². The van der Waals surface area contributed by atoms with Gasteiger partial charge in [0.2, 0.25) is 5.91 Å². The number of rotatable bonds is 4. The molecule has 2 rings (SSSR count). The molecule has 1 fully saturated rings. The molecular weight excluding hydrogens is 326 g/mol. The molecule has 104 valence electrons. The number of hydrogen-bond donors (Lipinski definition) is 0. The van der Waals surface area contributed by atoms with Crippen molar-refractivity contribution in [2.75, 3.05) is 19.7 Å². The van der Waals surface area contributed by atoms with Gasteiger partial charge in [0.15, 0.2) is 0 Å². The fraction of sp³-hybridized carbons (Fsp3) is 0.500. The molecule has 0 atom stereocenters. The van der Waals surface area contributed by atoms with Crippen molar-refractivity contribution in [2.45, 2.75) is 25.9 Å². The van der Waals surface area contributed by atoms with Gasteiger partial charge in [0.25, 0.3) is 0 Å². The van der Waals surface area contributed by atoms with Crippen molar-refractivity contribution >= 4 is 39.2 Å². The van der Waals surface area contributed by atoms with Crippen LogP contribution in [0.3, 0.4) is 0 Å². The number of carbonyl (C=O) groups excluding carboxylic acids is 1. The lowest BCUT2D eigenvalue weighted by molar-refractivity contribution is -0.128. The summed E-state index contributed by atoms with van der Waals surface area (Å²) in [6.07, 6.45) is 5.76. The first-order valence-corrected chi connectivity index (χ1v) is 8.19. The van der Waals surface area contributed by atoms with Crippen molar-refractivity contribution in [2.24, 2.45) is 0 Å². The van der Waals surface area contributed by atoms with Crippen LogP contribution in [0.1, 0.15) is 24.6 Å². The van der Waals surface area contributed by atoms with Gasteiger partial charge >= 0.3 is 0 Å². The third kappa shape index (κ3) is 4.44. The third-order valence-electron chi connectivity index (χ3n) is 3.13. The van der Waals surface area contributed by atoms with Crippen LogP contribution < -0.4 is 0 Å². The maximum atomic E-state index is 12.0. The zero-order valence-electron chi connectivity index (χ0n) is 11.0. The molecule has 1 saturated heterocycles. The summed E-state index contributed by atoms with van der Waals surface area (Å²) < 4.78 is 6.64. The molecule has 1 aliphatic heterocycles. The second-order valence-electron chi connectivity index (χ2n) is 4.48. The zero-order valence-corrected chi connectivity index (χ0v) is 13.4. The number of halogens is 1. The van der Waals surface area contributed by atoms with Crippen molar-refractivity contribution in [3.05, 3.63) is 26.9 Å². The average Bonchev–Trinajstić information content (AvgIpc) is 2.83. The summed E-state index contributed by atoms with van der Waals surface area (Å²) >= 11 is 5.03. The van der Waals surface area contributed by atoms with Crippen LogP contribution in [-0.2, 0) is 9.53 Å². The van der Waals surface area contributed by atoms with Gasteiger partial charge in [0, 0.05) is 40.5 Å². The second-order valence-corrected chi connectivity index (χ2v) is 6.34. The highest BCUT2D eigenvalue weighted by Crippen LogP contribution is 2.21. The molecule has 1 aliphatic rings. The van der Waals surface area contributed by atoms with Crippen molar-refractivity contribution in [3.63, 3.8) is 0 Å². The Hall–Kier alpha value is -0.650. The molecular formula is C14H18BrNO2S. The molecule has 0 aliphatic carbocycles. The normalized spacial score (nSPS) is 17.3. The Morgan fingerprint density at radius 2 is 2.32 bits per heavy atom. The molecule has 3 nitrogen and oxygen atoms in total. The van der Waals surface area contributed by atoms with Gasteiger partial charge in [-0.1, -0.05) is 0 Å². The number of hydrogen-bond acceptors (Lipinski definition) is 3. The van der Waals surface area contributed by atoms with Crippen molar-refractivity contribution in [3.8, 4) is 0 Å². The van der Waals surface area contributed by atoms with E-state index < -0.39 is 0 Å². The van der Waals surface area contributed by atoms with Crippen LogP contribution in [0, 0.1) is 0 Å². The van der Waals surface area contributed by atoms with E-state index in [0.717, 1.165) is 41.9 Å². The number of ether oxygens (including phenoxy) is 1. The number of amides is 1. The minimum Gasteiger partial charge on any atom is -0.378 e. The Labute approximate surface area is 126 Å². The standard InChI is InChI=1S/C14H18BrNO2S/c1-2-18-12-5-7-16(8-6-12)14(17)4-3-13-9-11(15)10-19-13/h3-4,9-10,12H,2,5-8H2,1H3. The lowest BCUT2D eigenvalue weighted by Gasteiger charge is -2.31. The van der Waals surface area contributed by atoms with E-state index in [1.807, 2.05) is 29.3 Å². The Balaban J connectivity index is 1.83. The van der Waals surface area contributed by atoms with Gasteiger partial charge in [-0.3, -0.25) is 4.79 Å². The Kier molecular flexibility index (Phi) is 5.60. The van der Waals surface area contributed by atoms with E-state index in [0.29, 0.717) is 6.10 Å². The van der Waals surface area contributed by atoms with Gasteiger partial charge in [-0.05, 0) is 47.8 Å². The van der Waals surface area contributed by atoms with Gasteiger partial charge < -0.3 is 9.64 Å². The molecule has 0 radical (unpaired) electrons. The van der Waals surface area contributed by atoms with E-state index in [-0.39, 0.29) is 5.91 Å². The summed E-state index contributed by atoms with van der Waals surface area (Å²) in [4.78, 5) is 15.0. The van der Waals surface area contributed by atoms with Gasteiger partial charge in [-0.15, -0.1) is 11.3 Å². The Bertz CT molecular complexity index is 450. The predicted molar refractivity (Wildman–Crippen MR) is 82.3 cm³/mol. The van der Waals surface area contributed by atoms with E-state index in [2.05, 4.69) is 15.9 Å². The van der Waals surface area contributed by atoms with Crippen LogP contribution >= 0.6 is 27.3 Å². The minimum absolute atomic E-state index is 0.0967. The van der Waals surface area contributed by atoms with Crippen molar-refractivity contribution in [1.82, 2.24) is 4.90 Å². The summed E-state index contributed by atoms with van der Waals surface area (Å²) in [7, 11) is 0. The SMILES string of the molecule is CCOC1CCN(C(=O)C=Cc2cc(Br)cs2)CC1. The summed E-state index contributed by atoms with van der Waals surface area (Å²) in [5, 5.41) is 2.01. The summed E-state index contributed by atoms with van der Waals surface area (Å²) in [5.74, 6) is 0.0967. The van der Waals surface area contributed by atoms with Crippen LogP contribution in [0.15, 0.2) is 22.0 Å². The van der Waals surface area contributed by atoms with Crippen LogP contribution in [0.4, 0.5) is 0 Å². The first kappa shape index (κ1) is 14.8. The third-order valence-corrected chi connectivity index (χ3v) is 4.79. The molecule has 1 amide bonds. The molecule has 5 heteroatoms. The van der Waals surface area contributed by atoms with Crippen LogP contribution in [0.2, 0.25) is 0 Å². The first-order chi connectivity index (χ1) is 9.19. The van der Waals surface area contributed by atoms with E-state index in [4.69, 9.17) is 4.74 Å². The molecule has 1 aromatic heterocycles. The second kappa shape index (κ2) is 7.22. The van der Waals surface area contributed by atoms with Gasteiger partial charge in [-0.2, -0.15) is 0 Å². The average molecular weight is 344 g/mol. The van der Waals surface area contributed by atoms with Crippen molar-refractivity contribution < 1.29 is 9.53 Å². The number of nitrogens with zero attached hydrogens (tertiary/aromatic N) is 1. The quantitative estimate of drug-likeness (QED) is 0.782. The van der Waals surface area contributed by atoms with Crippen molar-refractivity contribution in [1.29, 1.82) is 0 Å². The topological polar surface area (TPSA) is 29.5 Å². The lowest BCUT2D eigenvalue weighted by atomic mass is 10.1. The Morgan fingerprint density at radius 1 is 1.58 bits per heavy atom. The molecule has 19 heavy (non-hydrogen) atoms. The highest BCUT2D eigenvalue weighted by Gasteiger charge is 2.21. The molecule has 2 heterocycles.